The van der Waals surface area contributed by atoms with E-state index in [0.717, 1.165) is 5.56 Å². The van der Waals surface area contributed by atoms with Gasteiger partial charge in [0.2, 0.25) is 11.8 Å². The minimum atomic E-state index is -0.770. The molecule has 0 spiro atoms. The Morgan fingerprint density at radius 2 is 1.87 bits per heavy atom. The third-order valence-electron chi connectivity index (χ3n) is 4.54. The van der Waals surface area contributed by atoms with Crippen LogP contribution in [0.1, 0.15) is 38.8 Å². The molecule has 5 nitrogen and oxygen atoms in total. The SMILES string of the molecule is COc1cccc(CN(C(=O)Cc2c(F)cccc2Cl)[C@H](C)C(=O)NC(C)(C)C)c1. The highest BCUT2D eigenvalue weighted by Gasteiger charge is 2.29. The Morgan fingerprint density at radius 1 is 1.20 bits per heavy atom. The predicted octanol–water partition coefficient (Wildman–Crippen LogP) is 4.36. The van der Waals surface area contributed by atoms with Crippen LogP contribution < -0.4 is 10.1 Å². The van der Waals surface area contributed by atoms with E-state index in [1.54, 1.807) is 26.2 Å². The minimum Gasteiger partial charge on any atom is -0.497 e. The van der Waals surface area contributed by atoms with Gasteiger partial charge in [0.1, 0.15) is 17.6 Å². The highest BCUT2D eigenvalue weighted by Crippen LogP contribution is 2.22. The second-order valence-electron chi connectivity index (χ2n) is 8.17. The van der Waals surface area contributed by atoms with Crippen LogP contribution in [0.4, 0.5) is 4.39 Å². The molecule has 0 aliphatic rings. The van der Waals surface area contributed by atoms with Crippen LogP contribution in [0.25, 0.3) is 0 Å². The summed E-state index contributed by atoms with van der Waals surface area (Å²) >= 11 is 6.10. The number of amides is 2. The van der Waals surface area contributed by atoms with Crippen LogP contribution in [0, 0.1) is 5.82 Å². The average molecular weight is 435 g/mol. The highest BCUT2D eigenvalue weighted by atomic mass is 35.5. The molecule has 0 unspecified atom stereocenters. The van der Waals surface area contributed by atoms with Crippen molar-refractivity contribution >= 4 is 23.4 Å². The van der Waals surface area contributed by atoms with Crippen LogP contribution in [0.15, 0.2) is 42.5 Å². The zero-order valence-corrected chi connectivity index (χ0v) is 18.7. The van der Waals surface area contributed by atoms with Gasteiger partial charge in [0.15, 0.2) is 0 Å². The van der Waals surface area contributed by atoms with Crippen molar-refractivity contribution in [2.24, 2.45) is 0 Å². The minimum absolute atomic E-state index is 0.114. The van der Waals surface area contributed by atoms with Crippen LogP contribution in [0.2, 0.25) is 5.02 Å². The molecule has 0 aliphatic carbocycles. The lowest BCUT2D eigenvalue weighted by atomic mass is 10.1. The van der Waals surface area contributed by atoms with Gasteiger partial charge in [-0.2, -0.15) is 0 Å². The van der Waals surface area contributed by atoms with Crippen LogP contribution in [0.5, 0.6) is 5.75 Å². The molecule has 2 rings (SSSR count). The summed E-state index contributed by atoms with van der Waals surface area (Å²) in [7, 11) is 1.56. The maximum absolute atomic E-state index is 14.2. The first-order chi connectivity index (χ1) is 14.0. The predicted molar refractivity (Wildman–Crippen MR) is 116 cm³/mol. The molecule has 2 aromatic carbocycles. The van der Waals surface area contributed by atoms with Crippen molar-refractivity contribution in [2.75, 3.05) is 7.11 Å². The van der Waals surface area contributed by atoms with Crippen molar-refractivity contribution in [3.63, 3.8) is 0 Å². The number of hydrogen-bond acceptors (Lipinski definition) is 3. The molecule has 0 bridgehead atoms. The molecule has 1 N–H and O–H groups in total. The number of nitrogens with zero attached hydrogens (tertiary/aromatic N) is 1. The van der Waals surface area contributed by atoms with Crippen molar-refractivity contribution < 1.29 is 18.7 Å². The van der Waals surface area contributed by atoms with Gasteiger partial charge in [-0.25, -0.2) is 4.39 Å². The van der Waals surface area contributed by atoms with E-state index in [9.17, 15) is 14.0 Å². The fraction of sp³-hybridized carbons (Fsp3) is 0.391. The first-order valence-corrected chi connectivity index (χ1v) is 10.1. The fourth-order valence-electron chi connectivity index (χ4n) is 2.98. The van der Waals surface area contributed by atoms with Gasteiger partial charge in [-0.05, 0) is 57.5 Å². The lowest BCUT2D eigenvalue weighted by Gasteiger charge is -2.31. The number of nitrogens with one attached hydrogen (secondary N) is 1. The number of ether oxygens (including phenoxy) is 1. The summed E-state index contributed by atoms with van der Waals surface area (Å²) in [6.45, 7) is 7.42. The third kappa shape index (κ3) is 6.46. The number of rotatable bonds is 7. The van der Waals surface area contributed by atoms with Gasteiger partial charge in [0, 0.05) is 22.7 Å². The molecule has 7 heteroatoms. The molecule has 0 aliphatic heterocycles. The van der Waals surface area contributed by atoms with Gasteiger partial charge < -0.3 is 15.0 Å². The zero-order chi connectivity index (χ0) is 22.5. The normalized spacial score (nSPS) is 12.2. The van der Waals surface area contributed by atoms with Gasteiger partial charge >= 0.3 is 0 Å². The average Bonchev–Trinajstić information content (AvgIpc) is 2.67. The van der Waals surface area contributed by atoms with Gasteiger partial charge in [0.25, 0.3) is 0 Å². The molecule has 162 valence electrons. The van der Waals surface area contributed by atoms with Gasteiger partial charge in [-0.15, -0.1) is 0 Å². The number of methoxy groups -OCH3 is 1. The Hall–Kier alpha value is -2.60. The number of halogens is 2. The lowest BCUT2D eigenvalue weighted by molar-refractivity contribution is -0.140. The summed E-state index contributed by atoms with van der Waals surface area (Å²) in [4.78, 5) is 27.4. The molecule has 2 amide bonds. The number of benzene rings is 2. The van der Waals surface area contributed by atoms with Crippen LogP contribution >= 0.6 is 11.6 Å². The molecule has 0 fully saturated rings. The number of carbonyl (C=O) groups excluding carboxylic acids is 2. The topological polar surface area (TPSA) is 58.6 Å². The maximum Gasteiger partial charge on any atom is 0.242 e. The summed E-state index contributed by atoms with van der Waals surface area (Å²) in [5, 5.41) is 3.07. The van der Waals surface area contributed by atoms with E-state index in [2.05, 4.69) is 5.32 Å². The molecular weight excluding hydrogens is 407 g/mol. The Morgan fingerprint density at radius 3 is 2.47 bits per heavy atom. The zero-order valence-electron chi connectivity index (χ0n) is 18.0. The molecule has 2 aromatic rings. The van der Waals surface area contributed by atoms with E-state index in [0.29, 0.717) is 5.75 Å². The highest BCUT2D eigenvalue weighted by molar-refractivity contribution is 6.31. The first-order valence-electron chi connectivity index (χ1n) is 9.69. The van der Waals surface area contributed by atoms with Crippen molar-refractivity contribution in [1.82, 2.24) is 10.2 Å². The van der Waals surface area contributed by atoms with E-state index >= 15 is 0 Å². The second kappa shape index (κ2) is 9.94. The summed E-state index contributed by atoms with van der Waals surface area (Å²) < 4.78 is 19.5. The van der Waals surface area contributed by atoms with Crippen molar-refractivity contribution in [2.45, 2.75) is 52.2 Å². The number of hydrogen-bond donors (Lipinski definition) is 1. The molecule has 0 radical (unpaired) electrons. The van der Waals surface area contributed by atoms with E-state index < -0.39 is 23.3 Å². The van der Waals surface area contributed by atoms with Gasteiger partial charge in [-0.3, -0.25) is 9.59 Å². The summed E-state index contributed by atoms with van der Waals surface area (Å²) in [5.41, 5.74) is 0.450. The smallest absolute Gasteiger partial charge is 0.242 e. The van der Waals surface area contributed by atoms with Gasteiger partial charge in [-0.1, -0.05) is 29.8 Å². The van der Waals surface area contributed by atoms with Crippen molar-refractivity contribution in [1.29, 1.82) is 0 Å². The summed E-state index contributed by atoms with van der Waals surface area (Å²) in [6.07, 6.45) is -0.247. The molecule has 0 saturated heterocycles. The summed E-state index contributed by atoms with van der Waals surface area (Å²) in [5.74, 6) is -0.604. The Bertz CT molecular complexity index is 891. The van der Waals surface area contributed by atoms with Crippen molar-refractivity contribution in [3.8, 4) is 5.75 Å². The molecule has 0 saturated carbocycles. The van der Waals surface area contributed by atoms with E-state index in [-0.39, 0.29) is 29.5 Å². The molecule has 30 heavy (non-hydrogen) atoms. The molecular formula is C23H28ClFN2O3. The Labute approximate surface area is 182 Å². The molecule has 0 aromatic heterocycles. The third-order valence-corrected chi connectivity index (χ3v) is 4.90. The largest absolute Gasteiger partial charge is 0.497 e. The number of carbonyl (C=O) groups is 2. The van der Waals surface area contributed by atoms with Crippen LogP contribution in [-0.4, -0.2) is 35.4 Å². The summed E-state index contributed by atoms with van der Waals surface area (Å²) in [6, 6.07) is 10.8. The van der Waals surface area contributed by atoms with E-state index in [4.69, 9.17) is 16.3 Å². The second-order valence-corrected chi connectivity index (χ2v) is 8.57. The Balaban J connectivity index is 2.33. The molecule has 0 heterocycles. The quantitative estimate of drug-likeness (QED) is 0.704. The lowest BCUT2D eigenvalue weighted by Crippen LogP contribution is -2.52. The first kappa shape index (κ1) is 23.7. The fourth-order valence-corrected chi connectivity index (χ4v) is 3.21. The maximum atomic E-state index is 14.2. The van der Waals surface area contributed by atoms with E-state index in [1.807, 2.05) is 32.9 Å². The van der Waals surface area contributed by atoms with E-state index in [1.165, 1.54) is 23.1 Å². The Kier molecular flexibility index (Phi) is 7.84. The van der Waals surface area contributed by atoms with Crippen LogP contribution in [-0.2, 0) is 22.6 Å². The molecule has 1 atom stereocenters. The van der Waals surface area contributed by atoms with Gasteiger partial charge in [0.05, 0.1) is 13.5 Å². The standard InChI is InChI=1S/C23H28ClFN2O3/c1-15(22(29)26-23(2,3)4)27(14-16-8-6-9-17(12-16)30-5)21(28)13-18-19(24)10-7-11-20(18)25/h6-12,15H,13-14H2,1-5H3,(H,26,29)/t15-/m1/s1. The van der Waals surface area contributed by atoms with Crippen molar-refractivity contribution in [3.05, 3.63) is 64.4 Å². The monoisotopic (exact) mass is 434 g/mol. The van der Waals surface area contributed by atoms with Crippen LogP contribution in [0.3, 0.4) is 0 Å².